The van der Waals surface area contributed by atoms with Crippen molar-refractivity contribution >= 4 is 28.8 Å². The summed E-state index contributed by atoms with van der Waals surface area (Å²) in [6.07, 6.45) is 2.32. The van der Waals surface area contributed by atoms with E-state index in [4.69, 9.17) is 9.15 Å². The van der Waals surface area contributed by atoms with Crippen molar-refractivity contribution in [3.05, 3.63) is 66.1 Å². The molecule has 4 rings (SSSR count). The Labute approximate surface area is 210 Å². The summed E-state index contributed by atoms with van der Waals surface area (Å²) < 4.78 is 11.0. The summed E-state index contributed by atoms with van der Waals surface area (Å²) >= 11 is 0. The molecule has 0 radical (unpaired) electrons. The molecule has 0 spiro atoms. The molecule has 0 bridgehead atoms. The zero-order chi connectivity index (χ0) is 25.3. The van der Waals surface area contributed by atoms with Gasteiger partial charge in [0.25, 0.3) is 5.89 Å². The van der Waals surface area contributed by atoms with Crippen molar-refractivity contribution < 1.29 is 23.5 Å². The number of ether oxygens (including phenoxy) is 1. The highest BCUT2D eigenvalue weighted by atomic mass is 16.5. The number of urea groups is 1. The number of morpholine rings is 1. The van der Waals surface area contributed by atoms with Gasteiger partial charge >= 0.3 is 6.03 Å². The molecule has 0 aliphatic carbocycles. The fourth-order valence-electron chi connectivity index (χ4n) is 4.14. The number of aromatic nitrogens is 1. The van der Waals surface area contributed by atoms with Crippen LogP contribution in [0.5, 0.6) is 0 Å². The normalized spacial score (nSPS) is 15.3. The molecule has 1 aliphatic heterocycles. The number of ketones is 1. The summed E-state index contributed by atoms with van der Waals surface area (Å²) in [6, 6.07) is 14.6. The topological polar surface area (TPSA) is 114 Å². The first-order valence-electron chi connectivity index (χ1n) is 12.4. The van der Waals surface area contributed by atoms with Crippen LogP contribution in [0.15, 0.2) is 59.0 Å². The number of carbonyl (C=O) groups is 3. The van der Waals surface area contributed by atoms with E-state index in [0.29, 0.717) is 50.2 Å². The van der Waals surface area contributed by atoms with Crippen LogP contribution in [0, 0.1) is 0 Å². The Kier molecular flexibility index (Phi) is 8.67. The molecule has 3 aromatic rings. The van der Waals surface area contributed by atoms with Crippen molar-refractivity contribution in [1.29, 1.82) is 0 Å². The molecule has 190 valence electrons. The van der Waals surface area contributed by atoms with Crippen molar-refractivity contribution in [2.24, 2.45) is 0 Å². The number of para-hydroxylation sites is 2. The van der Waals surface area contributed by atoms with E-state index < -0.39 is 18.0 Å². The van der Waals surface area contributed by atoms with E-state index in [2.05, 4.69) is 15.6 Å². The fraction of sp³-hybridized carbons (Fsp3) is 0.407. The molecule has 1 aliphatic rings. The highest BCUT2D eigenvalue weighted by Crippen LogP contribution is 2.17. The molecule has 1 aromatic heterocycles. The minimum atomic E-state index is -0.858. The number of hydrogen-bond donors (Lipinski definition) is 2. The number of benzene rings is 2. The first-order chi connectivity index (χ1) is 17.5. The Morgan fingerprint density at radius 2 is 1.69 bits per heavy atom. The van der Waals surface area contributed by atoms with E-state index in [9.17, 15) is 14.4 Å². The highest BCUT2D eigenvalue weighted by Gasteiger charge is 2.31. The van der Waals surface area contributed by atoms with Crippen LogP contribution in [-0.4, -0.2) is 66.0 Å². The lowest BCUT2D eigenvalue weighted by molar-refractivity contribution is -0.123. The second-order valence-electron chi connectivity index (χ2n) is 8.85. The minimum Gasteiger partial charge on any atom is -0.434 e. The van der Waals surface area contributed by atoms with Crippen LogP contribution in [-0.2, 0) is 16.0 Å². The van der Waals surface area contributed by atoms with E-state index in [-0.39, 0.29) is 17.7 Å². The van der Waals surface area contributed by atoms with Gasteiger partial charge in [-0.05, 0) is 24.1 Å². The van der Waals surface area contributed by atoms with Gasteiger partial charge in [0.1, 0.15) is 11.6 Å². The second kappa shape index (κ2) is 12.3. The van der Waals surface area contributed by atoms with Crippen LogP contribution in [0.2, 0.25) is 0 Å². The van der Waals surface area contributed by atoms with Crippen LogP contribution < -0.4 is 10.6 Å². The number of Topliss-reactive ketones (excluding diaryl/α,β-unsaturated/α-hetero) is 1. The molecule has 0 unspecified atom stereocenters. The summed E-state index contributed by atoms with van der Waals surface area (Å²) in [6.45, 7) is 3.85. The first-order valence-corrected chi connectivity index (χ1v) is 12.4. The number of rotatable bonds is 10. The highest BCUT2D eigenvalue weighted by molar-refractivity contribution is 6.00. The summed E-state index contributed by atoms with van der Waals surface area (Å²) in [5.41, 5.74) is 2.00. The fourth-order valence-corrected chi connectivity index (χ4v) is 4.14. The summed E-state index contributed by atoms with van der Waals surface area (Å²) in [5, 5.41) is 5.74. The maximum atomic E-state index is 13.5. The van der Waals surface area contributed by atoms with E-state index >= 15 is 0 Å². The molecule has 9 nitrogen and oxygen atoms in total. The zero-order valence-corrected chi connectivity index (χ0v) is 20.4. The molecule has 0 saturated carbocycles. The summed E-state index contributed by atoms with van der Waals surface area (Å²) in [4.78, 5) is 45.7. The quantitative estimate of drug-likeness (QED) is 0.420. The molecule has 3 amide bonds. The molecular formula is C27H32N4O5. The van der Waals surface area contributed by atoms with Crippen LogP contribution in [0.1, 0.15) is 42.4 Å². The SMILES string of the molecule is CCCC[C@H](NC(=O)[C@H](Cc1ccccc1)NC(=O)N1CCOCC1)C(=O)c1nc2ccccc2o1. The van der Waals surface area contributed by atoms with Crippen molar-refractivity contribution in [3.63, 3.8) is 0 Å². The Balaban J connectivity index is 1.52. The van der Waals surface area contributed by atoms with E-state index in [0.717, 1.165) is 18.4 Å². The Hall–Kier alpha value is -3.72. The Morgan fingerprint density at radius 3 is 2.42 bits per heavy atom. The third kappa shape index (κ3) is 6.48. The van der Waals surface area contributed by atoms with Gasteiger partial charge in [0.2, 0.25) is 11.7 Å². The monoisotopic (exact) mass is 492 g/mol. The Morgan fingerprint density at radius 1 is 0.972 bits per heavy atom. The predicted molar refractivity (Wildman–Crippen MR) is 135 cm³/mol. The maximum absolute atomic E-state index is 13.5. The van der Waals surface area contributed by atoms with Gasteiger partial charge in [-0.2, -0.15) is 0 Å². The van der Waals surface area contributed by atoms with Gasteiger partial charge in [0.15, 0.2) is 5.58 Å². The first kappa shape index (κ1) is 25.4. The van der Waals surface area contributed by atoms with E-state index in [1.54, 1.807) is 17.0 Å². The number of oxazole rings is 1. The molecule has 36 heavy (non-hydrogen) atoms. The van der Waals surface area contributed by atoms with Gasteiger partial charge in [-0.1, -0.05) is 62.2 Å². The predicted octanol–water partition coefficient (Wildman–Crippen LogP) is 3.34. The van der Waals surface area contributed by atoms with Gasteiger partial charge in [-0.15, -0.1) is 0 Å². The third-order valence-corrected chi connectivity index (χ3v) is 6.18. The lowest BCUT2D eigenvalue weighted by atomic mass is 10.0. The zero-order valence-electron chi connectivity index (χ0n) is 20.4. The number of hydrogen-bond acceptors (Lipinski definition) is 6. The maximum Gasteiger partial charge on any atom is 0.318 e. The van der Waals surface area contributed by atoms with Crippen molar-refractivity contribution in [2.45, 2.75) is 44.7 Å². The lowest BCUT2D eigenvalue weighted by Crippen LogP contribution is -2.56. The number of unbranched alkanes of at least 4 members (excludes halogenated alkanes) is 1. The largest absolute Gasteiger partial charge is 0.434 e. The second-order valence-corrected chi connectivity index (χ2v) is 8.85. The molecule has 2 heterocycles. The van der Waals surface area contributed by atoms with Crippen molar-refractivity contribution in [2.75, 3.05) is 26.3 Å². The van der Waals surface area contributed by atoms with Crippen molar-refractivity contribution in [1.82, 2.24) is 20.5 Å². The van der Waals surface area contributed by atoms with Crippen LogP contribution >= 0.6 is 0 Å². The molecular weight excluding hydrogens is 460 g/mol. The lowest BCUT2D eigenvalue weighted by Gasteiger charge is -2.29. The molecule has 2 aromatic carbocycles. The number of fused-ring (bicyclic) bond motifs is 1. The van der Waals surface area contributed by atoms with Crippen molar-refractivity contribution in [3.8, 4) is 0 Å². The molecule has 2 atom stereocenters. The summed E-state index contributed by atoms with van der Waals surface area (Å²) in [7, 11) is 0. The number of nitrogens with one attached hydrogen (secondary N) is 2. The number of amides is 3. The van der Waals surface area contributed by atoms with Crippen LogP contribution in [0.25, 0.3) is 11.1 Å². The summed E-state index contributed by atoms with van der Waals surface area (Å²) in [5.74, 6) is -0.841. The smallest absolute Gasteiger partial charge is 0.318 e. The van der Waals surface area contributed by atoms with Gasteiger partial charge in [-0.3, -0.25) is 9.59 Å². The van der Waals surface area contributed by atoms with E-state index in [1.807, 2.05) is 49.4 Å². The average Bonchev–Trinajstić information content (AvgIpc) is 3.35. The number of carbonyl (C=O) groups excluding carboxylic acids is 3. The Bertz CT molecular complexity index is 1140. The van der Waals surface area contributed by atoms with Gasteiger partial charge in [-0.25, -0.2) is 9.78 Å². The molecule has 9 heteroatoms. The third-order valence-electron chi connectivity index (χ3n) is 6.18. The van der Waals surface area contributed by atoms with E-state index in [1.165, 1.54) is 0 Å². The van der Waals surface area contributed by atoms with Crippen LogP contribution in [0.3, 0.4) is 0 Å². The molecule has 1 fully saturated rings. The van der Waals surface area contributed by atoms with Gasteiger partial charge in [0.05, 0.1) is 19.3 Å². The molecule has 2 N–H and O–H groups in total. The minimum absolute atomic E-state index is 0.0328. The number of nitrogens with zero attached hydrogens (tertiary/aromatic N) is 2. The van der Waals surface area contributed by atoms with Gasteiger partial charge in [0, 0.05) is 19.5 Å². The standard InChI is InChI=1S/C27H32N4O5/c1-2-3-11-21(24(32)26-29-20-12-7-8-13-23(20)36-26)28-25(33)22(18-19-9-5-4-6-10-19)30-27(34)31-14-16-35-17-15-31/h4-10,12-13,21-22H,2-3,11,14-18H2,1H3,(H,28,33)(H,30,34)/t21-,22-/m0/s1. The molecule has 1 saturated heterocycles. The van der Waals surface area contributed by atoms with Crippen LogP contribution in [0.4, 0.5) is 4.79 Å². The van der Waals surface area contributed by atoms with Gasteiger partial charge < -0.3 is 24.7 Å². The average molecular weight is 493 g/mol.